The summed E-state index contributed by atoms with van der Waals surface area (Å²) in [4.78, 5) is 4.52. The average Bonchev–Trinajstić information content (AvgIpc) is 2.81. The van der Waals surface area contributed by atoms with E-state index in [1.807, 2.05) is 18.4 Å². The smallest absolute Gasteiger partial charge is 0.123 e. The van der Waals surface area contributed by atoms with Gasteiger partial charge in [-0.05, 0) is 24.6 Å². The number of hydrogen-bond acceptors (Lipinski definition) is 2. The van der Waals surface area contributed by atoms with E-state index in [9.17, 15) is 4.39 Å². The maximum atomic E-state index is 13.5. The molecular weight excluding hydrogens is 393 g/mol. The molecule has 0 atom stereocenters. The molecule has 0 aliphatic heterocycles. The summed E-state index contributed by atoms with van der Waals surface area (Å²) in [5, 5.41) is 4.65. The van der Waals surface area contributed by atoms with E-state index in [0.717, 1.165) is 33.3 Å². The lowest BCUT2D eigenvalue weighted by atomic mass is 9.81. The lowest BCUT2D eigenvalue weighted by Gasteiger charge is -2.30. The van der Waals surface area contributed by atoms with Gasteiger partial charge >= 0.3 is 0 Å². The molecule has 1 heterocycles. The highest BCUT2D eigenvalue weighted by molar-refractivity contribution is 9.09. The molecule has 1 nitrogen and oxygen atoms in total. The van der Waals surface area contributed by atoms with E-state index in [-0.39, 0.29) is 11.2 Å². The number of alkyl halides is 2. The topological polar surface area (TPSA) is 12.9 Å². The minimum Gasteiger partial charge on any atom is -0.247 e. The first-order valence-electron chi connectivity index (χ1n) is 5.88. The van der Waals surface area contributed by atoms with Gasteiger partial charge in [-0.1, -0.05) is 44.0 Å². The fraction of sp³-hybridized carbons (Fsp3) is 0.357. The van der Waals surface area contributed by atoms with Crippen LogP contribution in [0.3, 0.4) is 0 Å². The van der Waals surface area contributed by atoms with E-state index < -0.39 is 0 Å². The van der Waals surface area contributed by atoms with Gasteiger partial charge in [-0.15, -0.1) is 11.3 Å². The third kappa shape index (κ3) is 3.44. The molecule has 1 aromatic carbocycles. The molecule has 1 aromatic heterocycles. The normalized spacial score (nSPS) is 11.8. The monoisotopic (exact) mass is 405 g/mol. The standard InChI is InChI=1S/C14H14Br2FNS/c1-10-7-19-13(18-10)6-14(8-15,9-16)11-3-2-4-12(17)5-11/h2-5,7H,6,8-9H2,1H3. The lowest BCUT2D eigenvalue weighted by Crippen LogP contribution is -2.33. The minimum atomic E-state index is -0.195. The van der Waals surface area contributed by atoms with Crippen molar-refractivity contribution in [1.82, 2.24) is 4.98 Å². The molecule has 19 heavy (non-hydrogen) atoms. The van der Waals surface area contributed by atoms with Crippen LogP contribution in [0.2, 0.25) is 0 Å². The summed E-state index contributed by atoms with van der Waals surface area (Å²) < 4.78 is 13.5. The van der Waals surface area contributed by atoms with E-state index in [1.165, 1.54) is 6.07 Å². The van der Waals surface area contributed by atoms with Crippen LogP contribution in [0.4, 0.5) is 4.39 Å². The van der Waals surface area contributed by atoms with E-state index in [1.54, 1.807) is 23.5 Å². The molecule has 102 valence electrons. The van der Waals surface area contributed by atoms with Crippen LogP contribution in [0, 0.1) is 12.7 Å². The maximum absolute atomic E-state index is 13.5. The SMILES string of the molecule is Cc1csc(CC(CBr)(CBr)c2cccc(F)c2)n1. The van der Waals surface area contributed by atoms with Crippen molar-refractivity contribution in [2.75, 3.05) is 10.7 Å². The van der Waals surface area contributed by atoms with Gasteiger partial charge in [0, 0.05) is 33.6 Å². The largest absolute Gasteiger partial charge is 0.247 e. The third-order valence-corrected chi connectivity index (χ3v) is 6.22. The van der Waals surface area contributed by atoms with Gasteiger partial charge < -0.3 is 0 Å². The number of hydrogen-bond donors (Lipinski definition) is 0. The van der Waals surface area contributed by atoms with Crippen LogP contribution in [0.1, 0.15) is 16.3 Å². The molecule has 0 saturated heterocycles. The van der Waals surface area contributed by atoms with Gasteiger partial charge in [-0.2, -0.15) is 0 Å². The summed E-state index contributed by atoms with van der Waals surface area (Å²) in [6, 6.07) is 6.83. The van der Waals surface area contributed by atoms with Gasteiger partial charge in [-0.25, -0.2) is 9.37 Å². The first-order valence-corrected chi connectivity index (χ1v) is 9.01. The van der Waals surface area contributed by atoms with Gasteiger partial charge in [0.25, 0.3) is 0 Å². The van der Waals surface area contributed by atoms with Crippen LogP contribution >= 0.6 is 43.2 Å². The predicted octanol–water partition coefficient (Wildman–Crippen LogP) is 4.86. The molecule has 0 bridgehead atoms. The number of aryl methyl sites for hydroxylation is 1. The second-order valence-electron chi connectivity index (χ2n) is 4.62. The molecule has 0 fully saturated rings. The molecule has 0 amide bonds. The van der Waals surface area contributed by atoms with Crippen molar-refractivity contribution >= 4 is 43.2 Å². The van der Waals surface area contributed by atoms with Crippen molar-refractivity contribution in [3.8, 4) is 0 Å². The van der Waals surface area contributed by atoms with Crippen molar-refractivity contribution < 1.29 is 4.39 Å². The molecular formula is C14H14Br2FNS. The maximum Gasteiger partial charge on any atom is 0.123 e. The zero-order valence-electron chi connectivity index (χ0n) is 10.5. The number of rotatable bonds is 5. The Bertz CT molecular complexity index is 552. The zero-order valence-corrected chi connectivity index (χ0v) is 14.5. The number of aromatic nitrogens is 1. The molecule has 0 N–H and O–H groups in total. The second-order valence-corrected chi connectivity index (χ2v) is 6.68. The lowest BCUT2D eigenvalue weighted by molar-refractivity contribution is 0.539. The Morgan fingerprint density at radius 2 is 2.05 bits per heavy atom. The molecule has 0 radical (unpaired) electrons. The summed E-state index contributed by atoms with van der Waals surface area (Å²) >= 11 is 8.83. The van der Waals surface area contributed by atoms with Crippen molar-refractivity contribution in [3.05, 3.63) is 51.7 Å². The molecule has 5 heteroatoms. The summed E-state index contributed by atoms with van der Waals surface area (Å²) in [7, 11) is 0. The second kappa shape index (κ2) is 6.46. The quantitative estimate of drug-likeness (QED) is 0.646. The van der Waals surface area contributed by atoms with Gasteiger partial charge in [-0.3, -0.25) is 0 Å². The third-order valence-electron chi connectivity index (χ3n) is 3.10. The van der Waals surface area contributed by atoms with Crippen molar-refractivity contribution in [2.24, 2.45) is 0 Å². The molecule has 2 aromatic rings. The Morgan fingerprint density at radius 3 is 2.58 bits per heavy atom. The van der Waals surface area contributed by atoms with Crippen LogP contribution in [0.15, 0.2) is 29.6 Å². The summed E-state index contributed by atoms with van der Waals surface area (Å²) in [6.45, 7) is 1.99. The zero-order chi connectivity index (χ0) is 13.9. The van der Waals surface area contributed by atoms with Gasteiger partial charge in [0.2, 0.25) is 0 Å². The molecule has 0 aliphatic rings. The summed E-state index contributed by atoms with van der Waals surface area (Å²) in [5.41, 5.74) is 1.86. The Balaban J connectivity index is 2.37. The first-order chi connectivity index (χ1) is 9.09. The molecule has 0 saturated carbocycles. The van der Waals surface area contributed by atoms with E-state index in [4.69, 9.17) is 0 Å². The van der Waals surface area contributed by atoms with E-state index >= 15 is 0 Å². The van der Waals surface area contributed by atoms with Crippen LogP contribution < -0.4 is 0 Å². The van der Waals surface area contributed by atoms with Gasteiger partial charge in [0.15, 0.2) is 0 Å². The van der Waals surface area contributed by atoms with Gasteiger partial charge in [0.1, 0.15) is 5.82 Å². The van der Waals surface area contributed by atoms with Crippen molar-refractivity contribution in [3.63, 3.8) is 0 Å². The van der Waals surface area contributed by atoms with Crippen LogP contribution in [0.25, 0.3) is 0 Å². The first kappa shape index (κ1) is 15.1. The highest BCUT2D eigenvalue weighted by atomic mass is 79.9. The summed E-state index contributed by atoms with van der Waals surface area (Å²) in [5.74, 6) is -0.195. The Morgan fingerprint density at radius 1 is 1.32 bits per heavy atom. The van der Waals surface area contributed by atoms with Gasteiger partial charge in [0.05, 0.1) is 5.01 Å². The number of nitrogens with zero attached hydrogens (tertiary/aromatic N) is 1. The fourth-order valence-electron chi connectivity index (χ4n) is 1.98. The summed E-state index contributed by atoms with van der Waals surface area (Å²) in [6.07, 6.45) is 0.797. The Hall–Kier alpha value is -0.260. The predicted molar refractivity (Wildman–Crippen MR) is 86.2 cm³/mol. The number of halogens is 3. The number of thiazole rings is 1. The average molecular weight is 407 g/mol. The van der Waals surface area contributed by atoms with Crippen LogP contribution in [0.5, 0.6) is 0 Å². The molecule has 0 aliphatic carbocycles. The minimum absolute atomic E-state index is 0.174. The van der Waals surface area contributed by atoms with Crippen molar-refractivity contribution in [1.29, 1.82) is 0 Å². The Kier molecular flexibility index (Phi) is 5.15. The Labute approximate surface area is 133 Å². The molecule has 0 spiro atoms. The van der Waals surface area contributed by atoms with Crippen LogP contribution in [-0.4, -0.2) is 15.6 Å². The van der Waals surface area contributed by atoms with Crippen LogP contribution in [-0.2, 0) is 11.8 Å². The number of benzene rings is 1. The highest BCUT2D eigenvalue weighted by Crippen LogP contribution is 2.34. The molecule has 0 unspecified atom stereocenters. The van der Waals surface area contributed by atoms with E-state index in [2.05, 4.69) is 36.8 Å². The fourth-order valence-corrected chi connectivity index (χ4v) is 4.87. The van der Waals surface area contributed by atoms with E-state index in [0.29, 0.717) is 0 Å². The van der Waals surface area contributed by atoms with Crippen molar-refractivity contribution in [2.45, 2.75) is 18.8 Å². The molecule has 2 rings (SSSR count). The highest BCUT2D eigenvalue weighted by Gasteiger charge is 2.32.